The van der Waals surface area contributed by atoms with Crippen LogP contribution in [0.2, 0.25) is 0 Å². The molecule has 1 fully saturated rings. The molecule has 1 saturated heterocycles. The molecule has 1 aliphatic heterocycles. The molecule has 9 heteroatoms. The number of rotatable bonds is 8. The van der Waals surface area contributed by atoms with Gasteiger partial charge >= 0.3 is 0 Å². The molecule has 9 nitrogen and oxygen atoms in total. The summed E-state index contributed by atoms with van der Waals surface area (Å²) >= 11 is 0. The molecule has 0 spiro atoms. The van der Waals surface area contributed by atoms with E-state index in [1.54, 1.807) is 36.8 Å². The van der Waals surface area contributed by atoms with Crippen LogP contribution in [0.1, 0.15) is 29.9 Å². The van der Waals surface area contributed by atoms with Crippen molar-refractivity contribution in [3.8, 4) is 11.3 Å². The van der Waals surface area contributed by atoms with Crippen molar-refractivity contribution in [1.82, 2.24) is 20.3 Å². The molecule has 35 heavy (non-hydrogen) atoms. The Labute approximate surface area is 204 Å². The van der Waals surface area contributed by atoms with E-state index in [4.69, 9.17) is 0 Å². The molecule has 3 aromatic rings. The smallest absolute Gasteiger partial charge is 0.271 e. The number of benzene rings is 1. The van der Waals surface area contributed by atoms with Gasteiger partial charge in [-0.1, -0.05) is 13.8 Å². The van der Waals surface area contributed by atoms with Gasteiger partial charge in [0.1, 0.15) is 5.69 Å². The molecule has 0 unspecified atom stereocenters. The third-order valence-electron chi connectivity index (χ3n) is 6.39. The lowest BCUT2D eigenvalue weighted by Gasteiger charge is -2.29. The summed E-state index contributed by atoms with van der Waals surface area (Å²) in [6, 6.07) is 9.00. The number of carbonyl (C=O) groups is 1. The van der Waals surface area contributed by atoms with Crippen LogP contribution in [0.4, 0.5) is 11.4 Å². The van der Waals surface area contributed by atoms with Gasteiger partial charge in [-0.05, 0) is 48.6 Å². The van der Waals surface area contributed by atoms with E-state index in [0.29, 0.717) is 29.2 Å². The van der Waals surface area contributed by atoms with Gasteiger partial charge in [-0.2, -0.15) is 0 Å². The van der Waals surface area contributed by atoms with E-state index in [1.807, 2.05) is 12.1 Å². The second-order valence-electron chi connectivity index (χ2n) is 9.16. The number of aromatic amines is 1. The van der Waals surface area contributed by atoms with Crippen molar-refractivity contribution < 1.29 is 9.90 Å². The molecule has 0 bridgehead atoms. The number of nitrogens with one attached hydrogen (secondary N) is 3. The first-order valence-electron chi connectivity index (χ1n) is 12.0. The monoisotopic (exact) mass is 476 g/mol. The zero-order valence-electron chi connectivity index (χ0n) is 20.1. The summed E-state index contributed by atoms with van der Waals surface area (Å²) in [7, 11) is 0. The van der Waals surface area contributed by atoms with Crippen LogP contribution in [-0.2, 0) is 6.42 Å². The van der Waals surface area contributed by atoms with Gasteiger partial charge in [-0.3, -0.25) is 14.6 Å². The van der Waals surface area contributed by atoms with E-state index in [0.717, 1.165) is 37.6 Å². The van der Waals surface area contributed by atoms with Crippen LogP contribution in [0.5, 0.6) is 0 Å². The van der Waals surface area contributed by atoms with Crippen molar-refractivity contribution in [2.45, 2.75) is 20.3 Å². The molecule has 184 valence electrons. The molecule has 0 radical (unpaired) electrons. The highest BCUT2D eigenvalue weighted by Crippen LogP contribution is 2.21. The molecule has 2 aromatic heterocycles. The molecule has 3 heterocycles. The van der Waals surface area contributed by atoms with Crippen LogP contribution >= 0.6 is 0 Å². The predicted octanol–water partition coefficient (Wildman–Crippen LogP) is 2.30. The van der Waals surface area contributed by atoms with Crippen molar-refractivity contribution in [1.29, 1.82) is 0 Å². The van der Waals surface area contributed by atoms with Gasteiger partial charge in [0.05, 0.1) is 17.6 Å². The van der Waals surface area contributed by atoms with E-state index in [-0.39, 0.29) is 24.1 Å². The lowest BCUT2D eigenvalue weighted by molar-refractivity contribution is 0.102. The summed E-state index contributed by atoms with van der Waals surface area (Å²) in [5, 5.41) is 15.7. The lowest BCUT2D eigenvalue weighted by Crippen LogP contribution is -2.43. The molecule has 4 rings (SSSR count). The number of pyridine rings is 1. The number of aliphatic hydroxyl groups is 1. The van der Waals surface area contributed by atoms with Crippen molar-refractivity contribution in [2.75, 3.05) is 43.0 Å². The highest BCUT2D eigenvalue weighted by atomic mass is 16.3. The van der Waals surface area contributed by atoms with E-state index >= 15 is 0 Å². The van der Waals surface area contributed by atoms with Crippen LogP contribution in [0, 0.1) is 11.8 Å². The summed E-state index contributed by atoms with van der Waals surface area (Å²) in [5.41, 5.74) is 3.26. The maximum Gasteiger partial charge on any atom is 0.271 e. The Balaban J connectivity index is 1.49. The van der Waals surface area contributed by atoms with Gasteiger partial charge in [-0.15, -0.1) is 0 Å². The molecule has 0 aliphatic carbocycles. The van der Waals surface area contributed by atoms with Crippen LogP contribution < -0.4 is 21.1 Å². The van der Waals surface area contributed by atoms with Crippen LogP contribution in [0.3, 0.4) is 0 Å². The number of piperazine rings is 1. The van der Waals surface area contributed by atoms with Gasteiger partial charge in [0.15, 0.2) is 0 Å². The highest BCUT2D eigenvalue weighted by molar-refractivity contribution is 6.04. The molecule has 1 amide bonds. The van der Waals surface area contributed by atoms with Crippen molar-refractivity contribution >= 4 is 17.3 Å². The predicted molar refractivity (Wildman–Crippen MR) is 137 cm³/mol. The molecular weight excluding hydrogens is 444 g/mol. The Morgan fingerprint density at radius 3 is 2.60 bits per heavy atom. The van der Waals surface area contributed by atoms with E-state index in [1.165, 1.54) is 0 Å². The fourth-order valence-electron chi connectivity index (χ4n) is 4.09. The topological polar surface area (TPSA) is 123 Å². The molecule has 1 aliphatic rings. The standard InChI is InChI=1S/C26H32N6O3/c1-17(2)20(16-33)11-21-14-28-15-24(30-21)19-12-23(26(35)29-13-19)31-25(34)18-3-5-22(6-4-18)32-9-7-27-8-10-32/h3-6,12-15,17,20,27,33H,7-11,16H2,1-2H3,(H,29,35)(H,31,34)/t20-/m1/s1. The number of hydrogen-bond acceptors (Lipinski definition) is 7. The quantitative estimate of drug-likeness (QED) is 0.393. The average molecular weight is 477 g/mol. The Kier molecular flexibility index (Phi) is 7.89. The van der Waals surface area contributed by atoms with Gasteiger partial charge in [0.25, 0.3) is 11.5 Å². The molecule has 0 saturated carbocycles. The van der Waals surface area contributed by atoms with Crippen LogP contribution in [-0.4, -0.2) is 58.8 Å². The Morgan fingerprint density at radius 1 is 1.17 bits per heavy atom. The minimum Gasteiger partial charge on any atom is -0.396 e. The van der Waals surface area contributed by atoms with E-state index < -0.39 is 5.56 Å². The first-order chi connectivity index (χ1) is 16.9. The lowest BCUT2D eigenvalue weighted by atomic mass is 9.92. The Bertz CT molecular complexity index is 1200. The summed E-state index contributed by atoms with van der Waals surface area (Å²) in [6.07, 6.45) is 5.46. The fourth-order valence-corrected chi connectivity index (χ4v) is 4.09. The summed E-state index contributed by atoms with van der Waals surface area (Å²) in [4.78, 5) is 39.1. The first-order valence-corrected chi connectivity index (χ1v) is 12.0. The molecule has 1 aromatic carbocycles. The maximum atomic E-state index is 12.8. The Morgan fingerprint density at radius 2 is 1.91 bits per heavy atom. The minimum atomic E-state index is -0.399. The molecule has 1 atom stereocenters. The van der Waals surface area contributed by atoms with Gasteiger partial charge in [0, 0.05) is 62.0 Å². The van der Waals surface area contributed by atoms with Crippen LogP contribution in [0.15, 0.2) is 53.7 Å². The third kappa shape index (κ3) is 6.12. The summed E-state index contributed by atoms with van der Waals surface area (Å²) < 4.78 is 0. The van der Waals surface area contributed by atoms with Crippen LogP contribution in [0.25, 0.3) is 11.3 Å². The van der Waals surface area contributed by atoms with Gasteiger partial charge < -0.3 is 25.6 Å². The number of aromatic nitrogens is 3. The third-order valence-corrected chi connectivity index (χ3v) is 6.39. The normalized spacial score (nSPS) is 14.7. The number of amides is 1. The van der Waals surface area contributed by atoms with E-state index in [2.05, 4.69) is 44.3 Å². The fraction of sp³-hybridized carbons (Fsp3) is 0.385. The summed E-state index contributed by atoms with van der Waals surface area (Å²) in [5.74, 6) is 0.0382. The van der Waals surface area contributed by atoms with Crippen molar-refractivity contribution in [3.05, 3.63) is 70.5 Å². The van der Waals surface area contributed by atoms with E-state index in [9.17, 15) is 14.7 Å². The SMILES string of the molecule is CC(C)[C@@H](CO)Cc1cncc(-c2c[nH]c(=O)c(NC(=O)c3ccc(N4CCNCC4)cc3)c2)n1. The second kappa shape index (κ2) is 11.2. The molecule has 4 N–H and O–H groups in total. The zero-order valence-corrected chi connectivity index (χ0v) is 20.1. The molecular formula is C26H32N6O3. The Hall–Kier alpha value is -3.56. The number of carbonyl (C=O) groups excluding carboxylic acids is 1. The maximum absolute atomic E-state index is 12.8. The van der Waals surface area contributed by atoms with Gasteiger partial charge in [0.2, 0.25) is 0 Å². The largest absolute Gasteiger partial charge is 0.396 e. The summed E-state index contributed by atoms with van der Waals surface area (Å²) in [6.45, 7) is 7.94. The highest BCUT2D eigenvalue weighted by Gasteiger charge is 2.16. The first kappa shape index (κ1) is 24.6. The zero-order chi connectivity index (χ0) is 24.8. The van der Waals surface area contributed by atoms with Crippen molar-refractivity contribution in [3.63, 3.8) is 0 Å². The average Bonchev–Trinajstić information content (AvgIpc) is 2.89. The number of anilines is 2. The number of hydrogen-bond donors (Lipinski definition) is 4. The second-order valence-corrected chi connectivity index (χ2v) is 9.16. The minimum absolute atomic E-state index is 0.0780. The number of aliphatic hydroxyl groups excluding tert-OH is 1. The number of H-pyrrole nitrogens is 1. The van der Waals surface area contributed by atoms with Crippen molar-refractivity contribution in [2.24, 2.45) is 11.8 Å². The van der Waals surface area contributed by atoms with Gasteiger partial charge in [-0.25, -0.2) is 4.98 Å². The number of nitrogens with zero attached hydrogens (tertiary/aromatic N) is 3.